The van der Waals surface area contributed by atoms with Gasteiger partial charge in [0.15, 0.2) is 0 Å². The van der Waals surface area contributed by atoms with E-state index in [0.29, 0.717) is 0 Å². The molecule has 2 nitrogen and oxygen atoms in total. The second-order valence-electron chi connectivity index (χ2n) is 3.61. The van der Waals surface area contributed by atoms with Crippen molar-refractivity contribution in [1.82, 2.24) is 0 Å². The highest BCUT2D eigenvalue weighted by molar-refractivity contribution is 7.10. The standard InChI is InChI=1S/C13H10O2S/c14-13(12-6-3-7-16-12)10-8-15-11-5-2-1-4-9(10)11/h1-8,13-14H. The Balaban J connectivity index is 2.12. The second kappa shape index (κ2) is 3.77. The average Bonchev–Trinajstić information content (AvgIpc) is 2.98. The van der Waals surface area contributed by atoms with Crippen LogP contribution in [0, 0.1) is 0 Å². The van der Waals surface area contributed by atoms with Crippen LogP contribution in [-0.2, 0) is 0 Å². The minimum absolute atomic E-state index is 0.594. The molecule has 2 heterocycles. The van der Waals surface area contributed by atoms with Gasteiger partial charge in [0.05, 0.1) is 6.26 Å². The van der Waals surface area contributed by atoms with E-state index in [1.165, 1.54) is 0 Å². The van der Waals surface area contributed by atoms with Gasteiger partial charge in [-0.25, -0.2) is 0 Å². The molecule has 0 amide bonds. The number of aliphatic hydroxyl groups excluding tert-OH is 1. The van der Waals surface area contributed by atoms with Crippen LogP contribution in [0.25, 0.3) is 11.0 Å². The molecule has 0 spiro atoms. The van der Waals surface area contributed by atoms with Crippen molar-refractivity contribution in [2.24, 2.45) is 0 Å². The number of para-hydroxylation sites is 1. The smallest absolute Gasteiger partial charge is 0.134 e. The summed E-state index contributed by atoms with van der Waals surface area (Å²) in [6.45, 7) is 0. The number of fused-ring (bicyclic) bond motifs is 1. The highest BCUT2D eigenvalue weighted by atomic mass is 32.1. The van der Waals surface area contributed by atoms with Crippen molar-refractivity contribution in [1.29, 1.82) is 0 Å². The molecule has 0 saturated carbocycles. The maximum Gasteiger partial charge on any atom is 0.134 e. The Labute approximate surface area is 96.8 Å². The summed E-state index contributed by atoms with van der Waals surface area (Å²) in [6.07, 6.45) is 1.04. The van der Waals surface area contributed by atoms with Gasteiger partial charge in [-0.2, -0.15) is 0 Å². The Kier molecular flexibility index (Phi) is 2.27. The van der Waals surface area contributed by atoms with Crippen LogP contribution in [0.1, 0.15) is 16.5 Å². The number of rotatable bonds is 2. The summed E-state index contributed by atoms with van der Waals surface area (Å²) in [7, 11) is 0. The molecule has 1 aromatic carbocycles. The topological polar surface area (TPSA) is 33.4 Å². The minimum Gasteiger partial charge on any atom is -0.464 e. The van der Waals surface area contributed by atoms with Crippen LogP contribution >= 0.6 is 11.3 Å². The van der Waals surface area contributed by atoms with Crippen LogP contribution in [0.15, 0.2) is 52.5 Å². The first-order valence-electron chi connectivity index (χ1n) is 5.04. The van der Waals surface area contributed by atoms with E-state index in [2.05, 4.69) is 0 Å². The summed E-state index contributed by atoms with van der Waals surface area (Å²) in [5.41, 5.74) is 1.64. The fourth-order valence-corrected chi connectivity index (χ4v) is 2.54. The van der Waals surface area contributed by atoms with E-state index >= 15 is 0 Å². The lowest BCUT2D eigenvalue weighted by molar-refractivity contribution is 0.224. The van der Waals surface area contributed by atoms with E-state index in [0.717, 1.165) is 21.4 Å². The van der Waals surface area contributed by atoms with E-state index in [9.17, 15) is 5.11 Å². The maximum atomic E-state index is 10.2. The third kappa shape index (κ3) is 1.45. The fourth-order valence-electron chi connectivity index (χ4n) is 1.81. The molecular weight excluding hydrogens is 220 g/mol. The molecule has 0 saturated heterocycles. The predicted molar refractivity (Wildman–Crippen MR) is 64.6 cm³/mol. The van der Waals surface area contributed by atoms with E-state index in [4.69, 9.17) is 4.42 Å². The van der Waals surface area contributed by atoms with Crippen LogP contribution in [0.2, 0.25) is 0 Å². The summed E-state index contributed by atoms with van der Waals surface area (Å²) >= 11 is 1.55. The molecule has 0 fully saturated rings. The Morgan fingerprint density at radius 1 is 1.12 bits per heavy atom. The number of thiophene rings is 1. The molecule has 80 valence electrons. The van der Waals surface area contributed by atoms with Crippen molar-refractivity contribution in [3.8, 4) is 0 Å². The molecule has 16 heavy (non-hydrogen) atoms. The zero-order valence-corrected chi connectivity index (χ0v) is 9.28. The third-order valence-corrected chi connectivity index (χ3v) is 3.54. The van der Waals surface area contributed by atoms with Gasteiger partial charge in [-0.1, -0.05) is 24.3 Å². The lowest BCUT2D eigenvalue weighted by Gasteiger charge is -2.05. The second-order valence-corrected chi connectivity index (χ2v) is 4.58. The fraction of sp³-hybridized carbons (Fsp3) is 0.0769. The summed E-state index contributed by atoms with van der Waals surface area (Å²) in [4.78, 5) is 0.937. The SMILES string of the molecule is OC(c1cccs1)c1coc2ccccc12. The third-order valence-electron chi connectivity index (χ3n) is 2.62. The van der Waals surface area contributed by atoms with Crippen molar-refractivity contribution >= 4 is 22.3 Å². The zero-order valence-electron chi connectivity index (χ0n) is 8.46. The normalized spacial score (nSPS) is 13.1. The van der Waals surface area contributed by atoms with Gasteiger partial charge in [0.25, 0.3) is 0 Å². The molecule has 0 aliphatic carbocycles. The Hall–Kier alpha value is -1.58. The van der Waals surface area contributed by atoms with Gasteiger partial charge < -0.3 is 9.52 Å². The Morgan fingerprint density at radius 3 is 2.81 bits per heavy atom. The molecule has 0 radical (unpaired) electrons. The first-order chi connectivity index (χ1) is 7.86. The van der Waals surface area contributed by atoms with Gasteiger partial charge in [-0.3, -0.25) is 0 Å². The molecule has 3 heteroatoms. The van der Waals surface area contributed by atoms with E-state index in [1.54, 1.807) is 17.6 Å². The number of aliphatic hydroxyl groups is 1. The Bertz CT molecular complexity index is 595. The molecule has 0 bridgehead atoms. The maximum absolute atomic E-state index is 10.2. The molecule has 0 aliphatic heterocycles. The zero-order chi connectivity index (χ0) is 11.0. The van der Waals surface area contributed by atoms with Crippen molar-refractivity contribution < 1.29 is 9.52 Å². The lowest BCUT2D eigenvalue weighted by Crippen LogP contribution is -1.95. The molecule has 0 aliphatic rings. The van der Waals surface area contributed by atoms with Gasteiger partial charge in [-0.05, 0) is 17.5 Å². The lowest BCUT2D eigenvalue weighted by atomic mass is 10.1. The van der Waals surface area contributed by atoms with E-state index in [1.807, 2.05) is 41.8 Å². The minimum atomic E-state index is -0.594. The molecule has 1 unspecified atom stereocenters. The first-order valence-corrected chi connectivity index (χ1v) is 5.92. The van der Waals surface area contributed by atoms with Crippen molar-refractivity contribution in [3.05, 3.63) is 58.5 Å². The van der Waals surface area contributed by atoms with Gasteiger partial charge in [0.2, 0.25) is 0 Å². The van der Waals surface area contributed by atoms with Crippen molar-refractivity contribution in [2.75, 3.05) is 0 Å². The van der Waals surface area contributed by atoms with Gasteiger partial charge in [-0.15, -0.1) is 11.3 Å². The summed E-state index contributed by atoms with van der Waals surface area (Å²) in [5, 5.41) is 13.2. The van der Waals surface area contributed by atoms with E-state index < -0.39 is 6.10 Å². The summed E-state index contributed by atoms with van der Waals surface area (Å²) < 4.78 is 5.41. The van der Waals surface area contributed by atoms with Crippen molar-refractivity contribution in [3.63, 3.8) is 0 Å². The highest BCUT2D eigenvalue weighted by Crippen LogP contribution is 2.32. The van der Waals surface area contributed by atoms with E-state index in [-0.39, 0.29) is 0 Å². The summed E-state index contributed by atoms with van der Waals surface area (Å²) in [5.74, 6) is 0. The van der Waals surface area contributed by atoms with Crippen LogP contribution in [-0.4, -0.2) is 5.11 Å². The molecule has 3 rings (SSSR count). The Morgan fingerprint density at radius 2 is 2.00 bits per heavy atom. The molecule has 3 aromatic rings. The highest BCUT2D eigenvalue weighted by Gasteiger charge is 2.16. The predicted octanol–water partition coefficient (Wildman–Crippen LogP) is 3.58. The largest absolute Gasteiger partial charge is 0.464 e. The number of hydrogen-bond acceptors (Lipinski definition) is 3. The van der Waals surface area contributed by atoms with Gasteiger partial charge in [0.1, 0.15) is 11.7 Å². The summed E-state index contributed by atoms with van der Waals surface area (Å²) in [6, 6.07) is 11.6. The number of furan rings is 1. The molecular formula is C13H10O2S. The van der Waals surface area contributed by atoms with Gasteiger partial charge in [0, 0.05) is 15.8 Å². The van der Waals surface area contributed by atoms with Crippen LogP contribution in [0.5, 0.6) is 0 Å². The molecule has 1 N–H and O–H groups in total. The molecule has 2 aromatic heterocycles. The number of hydrogen-bond donors (Lipinski definition) is 1. The van der Waals surface area contributed by atoms with Crippen LogP contribution in [0.4, 0.5) is 0 Å². The van der Waals surface area contributed by atoms with Crippen LogP contribution in [0.3, 0.4) is 0 Å². The quantitative estimate of drug-likeness (QED) is 0.730. The van der Waals surface area contributed by atoms with Crippen LogP contribution < -0.4 is 0 Å². The van der Waals surface area contributed by atoms with Gasteiger partial charge >= 0.3 is 0 Å². The molecule has 1 atom stereocenters. The van der Waals surface area contributed by atoms with Crippen molar-refractivity contribution in [2.45, 2.75) is 6.10 Å². The number of benzene rings is 1. The monoisotopic (exact) mass is 230 g/mol. The first kappa shape index (κ1) is 9.63. The average molecular weight is 230 g/mol.